The highest BCUT2D eigenvalue weighted by atomic mass is 16.2. The summed E-state index contributed by atoms with van der Waals surface area (Å²) in [6, 6.07) is 17.1. The van der Waals surface area contributed by atoms with Gasteiger partial charge in [-0.3, -0.25) is 0 Å². The zero-order valence-corrected chi connectivity index (χ0v) is 18.1. The van der Waals surface area contributed by atoms with Crippen LogP contribution >= 0.6 is 0 Å². The lowest BCUT2D eigenvalue weighted by atomic mass is 9.90. The second kappa shape index (κ2) is 9.15. The summed E-state index contributed by atoms with van der Waals surface area (Å²) >= 11 is 0. The van der Waals surface area contributed by atoms with Crippen LogP contribution in [0, 0.1) is 0 Å². The number of nitrogens with one attached hydrogen (secondary N) is 2. The fraction of sp³-hybridized carbons (Fsp3) is 0.423. The number of nitrogens with zero attached hydrogens (tertiary/aromatic N) is 2. The number of piperidine rings is 1. The van der Waals surface area contributed by atoms with Crippen molar-refractivity contribution in [3.63, 3.8) is 0 Å². The monoisotopic (exact) mass is 416 g/mol. The van der Waals surface area contributed by atoms with Gasteiger partial charge in [-0.05, 0) is 67.4 Å². The summed E-state index contributed by atoms with van der Waals surface area (Å²) in [6.07, 6.45) is 6.65. The molecule has 0 aliphatic carbocycles. The first kappa shape index (κ1) is 20.1. The van der Waals surface area contributed by atoms with E-state index in [1.165, 1.54) is 40.4 Å². The Labute approximate surface area is 184 Å². The van der Waals surface area contributed by atoms with Crippen molar-refractivity contribution < 1.29 is 4.79 Å². The van der Waals surface area contributed by atoms with Crippen LogP contribution in [0.5, 0.6) is 0 Å². The van der Waals surface area contributed by atoms with Gasteiger partial charge in [-0.15, -0.1) is 0 Å². The number of aromatic amines is 1. The Bertz CT molecular complexity index is 1040. The molecular weight excluding hydrogens is 384 g/mol. The topological polar surface area (TPSA) is 51.4 Å². The number of hydrogen-bond acceptors (Lipinski definition) is 2. The molecule has 1 aromatic heterocycles. The summed E-state index contributed by atoms with van der Waals surface area (Å²) in [5.74, 6) is 0.591. The van der Waals surface area contributed by atoms with E-state index in [4.69, 9.17) is 0 Å². The van der Waals surface area contributed by atoms with Crippen LogP contribution in [0.25, 0.3) is 10.9 Å². The zero-order chi connectivity index (χ0) is 21.0. The lowest BCUT2D eigenvalue weighted by molar-refractivity contribution is 0.187. The Morgan fingerprint density at radius 1 is 1.06 bits per heavy atom. The van der Waals surface area contributed by atoms with Crippen LogP contribution in [0.4, 0.5) is 4.79 Å². The van der Waals surface area contributed by atoms with Gasteiger partial charge in [0.25, 0.3) is 0 Å². The summed E-state index contributed by atoms with van der Waals surface area (Å²) in [6.45, 7) is 5.59. The fourth-order valence-corrected chi connectivity index (χ4v) is 5.22. The lowest BCUT2D eigenvalue weighted by Crippen LogP contribution is -2.43. The maximum Gasteiger partial charge on any atom is 0.317 e. The number of carbonyl (C=O) groups is 1. The molecule has 0 spiro atoms. The summed E-state index contributed by atoms with van der Waals surface area (Å²) in [7, 11) is 0. The van der Waals surface area contributed by atoms with E-state index in [9.17, 15) is 4.79 Å². The first-order valence-corrected chi connectivity index (χ1v) is 11.7. The number of rotatable bonds is 5. The number of hydrogen-bond donors (Lipinski definition) is 2. The molecule has 2 N–H and O–H groups in total. The highest BCUT2D eigenvalue weighted by molar-refractivity contribution is 5.83. The van der Waals surface area contributed by atoms with E-state index in [0.29, 0.717) is 5.92 Å². The van der Waals surface area contributed by atoms with Gasteiger partial charge in [0.05, 0.1) is 0 Å². The lowest BCUT2D eigenvalue weighted by Gasteiger charge is -2.33. The van der Waals surface area contributed by atoms with Crippen LogP contribution in [-0.4, -0.2) is 53.5 Å². The number of amides is 2. The van der Waals surface area contributed by atoms with E-state index in [0.717, 1.165) is 52.1 Å². The molecule has 3 heterocycles. The molecular formula is C26H32N4O. The average Bonchev–Trinajstić information content (AvgIpc) is 3.26. The van der Waals surface area contributed by atoms with Crippen LogP contribution in [0.3, 0.4) is 0 Å². The van der Waals surface area contributed by atoms with Gasteiger partial charge in [0.2, 0.25) is 0 Å². The Balaban J connectivity index is 1.08. The van der Waals surface area contributed by atoms with E-state index in [1.54, 1.807) is 0 Å². The Hall–Kier alpha value is -2.79. The van der Waals surface area contributed by atoms with Crippen molar-refractivity contribution in [3.05, 3.63) is 71.4 Å². The number of fused-ring (bicyclic) bond motifs is 2. The third kappa shape index (κ3) is 4.47. The smallest absolute Gasteiger partial charge is 0.317 e. The molecule has 2 aliphatic heterocycles. The van der Waals surface area contributed by atoms with Crippen LogP contribution in [0.15, 0.2) is 54.7 Å². The molecule has 1 fully saturated rings. The minimum Gasteiger partial charge on any atom is -0.361 e. The number of benzene rings is 2. The van der Waals surface area contributed by atoms with Crippen molar-refractivity contribution in [2.45, 2.75) is 38.1 Å². The molecule has 2 amide bonds. The summed E-state index contributed by atoms with van der Waals surface area (Å²) in [4.78, 5) is 20.5. The molecule has 2 aromatic carbocycles. The molecule has 0 radical (unpaired) electrons. The van der Waals surface area contributed by atoms with Gasteiger partial charge in [0.1, 0.15) is 0 Å². The van der Waals surface area contributed by atoms with Crippen molar-refractivity contribution in [2.24, 2.45) is 0 Å². The van der Waals surface area contributed by atoms with Crippen molar-refractivity contribution in [2.75, 3.05) is 32.7 Å². The van der Waals surface area contributed by atoms with Crippen molar-refractivity contribution in [3.8, 4) is 0 Å². The van der Waals surface area contributed by atoms with E-state index < -0.39 is 0 Å². The van der Waals surface area contributed by atoms with E-state index in [-0.39, 0.29) is 6.03 Å². The summed E-state index contributed by atoms with van der Waals surface area (Å²) in [5, 5.41) is 4.51. The van der Waals surface area contributed by atoms with Crippen molar-refractivity contribution in [1.29, 1.82) is 0 Å². The quantitative estimate of drug-likeness (QED) is 0.602. The predicted octanol–water partition coefficient (Wildman–Crippen LogP) is 4.51. The SMILES string of the molecule is O=C(NCCCN1CCCC(c2c[nH]c3ccccc23)C1)N1CCc2ccccc2C1. The molecule has 1 unspecified atom stereocenters. The fourth-order valence-electron chi connectivity index (χ4n) is 5.22. The Kier molecular flexibility index (Phi) is 5.94. The molecule has 5 nitrogen and oxygen atoms in total. The Morgan fingerprint density at radius 2 is 1.90 bits per heavy atom. The molecule has 31 heavy (non-hydrogen) atoms. The molecule has 0 bridgehead atoms. The van der Waals surface area contributed by atoms with Gasteiger partial charge < -0.3 is 20.1 Å². The maximum absolute atomic E-state index is 12.6. The van der Waals surface area contributed by atoms with Crippen LogP contribution < -0.4 is 5.32 Å². The second-order valence-corrected chi connectivity index (χ2v) is 8.96. The third-order valence-corrected chi connectivity index (χ3v) is 6.91. The van der Waals surface area contributed by atoms with E-state index in [2.05, 4.69) is 69.9 Å². The maximum atomic E-state index is 12.6. The van der Waals surface area contributed by atoms with Gasteiger partial charge in [-0.25, -0.2) is 4.79 Å². The van der Waals surface area contributed by atoms with E-state index in [1.807, 2.05) is 4.90 Å². The third-order valence-electron chi connectivity index (χ3n) is 6.91. The van der Waals surface area contributed by atoms with Gasteiger partial charge in [0, 0.05) is 43.3 Å². The largest absolute Gasteiger partial charge is 0.361 e. The number of carbonyl (C=O) groups excluding carboxylic acids is 1. The highest BCUT2D eigenvalue weighted by Crippen LogP contribution is 2.32. The van der Waals surface area contributed by atoms with Crippen molar-refractivity contribution in [1.82, 2.24) is 20.1 Å². The van der Waals surface area contributed by atoms with Crippen molar-refractivity contribution >= 4 is 16.9 Å². The van der Waals surface area contributed by atoms with Gasteiger partial charge in [0.15, 0.2) is 0 Å². The van der Waals surface area contributed by atoms with Crippen LogP contribution in [0.1, 0.15) is 41.9 Å². The van der Waals surface area contributed by atoms with Gasteiger partial charge in [-0.2, -0.15) is 0 Å². The highest BCUT2D eigenvalue weighted by Gasteiger charge is 2.23. The number of likely N-dealkylation sites (tertiary alicyclic amines) is 1. The molecule has 5 rings (SSSR count). The normalized spacial score (nSPS) is 19.4. The first-order chi connectivity index (χ1) is 15.3. The number of H-pyrrole nitrogens is 1. The van der Waals surface area contributed by atoms with Gasteiger partial charge >= 0.3 is 6.03 Å². The van der Waals surface area contributed by atoms with E-state index >= 15 is 0 Å². The standard InChI is InChI=1S/C26H32N4O/c31-26(30-16-12-20-7-1-2-8-21(20)19-30)27-13-6-15-29-14-5-9-22(18-29)24-17-28-25-11-4-3-10-23(24)25/h1-4,7-8,10-11,17,22,28H,5-6,9,12-16,18-19H2,(H,27,31). The molecule has 2 aliphatic rings. The van der Waals surface area contributed by atoms with Crippen LogP contribution in [-0.2, 0) is 13.0 Å². The summed E-state index contributed by atoms with van der Waals surface area (Å²) in [5.41, 5.74) is 5.35. The molecule has 162 valence electrons. The second-order valence-electron chi connectivity index (χ2n) is 8.96. The Morgan fingerprint density at radius 3 is 2.84 bits per heavy atom. The summed E-state index contributed by atoms with van der Waals surface area (Å²) < 4.78 is 0. The molecule has 1 saturated heterocycles. The first-order valence-electron chi connectivity index (χ1n) is 11.7. The number of urea groups is 1. The number of aromatic nitrogens is 1. The minimum atomic E-state index is 0.0739. The zero-order valence-electron chi connectivity index (χ0n) is 18.1. The molecule has 0 saturated carbocycles. The minimum absolute atomic E-state index is 0.0739. The average molecular weight is 417 g/mol. The van der Waals surface area contributed by atoms with Gasteiger partial charge in [-0.1, -0.05) is 42.5 Å². The van der Waals surface area contributed by atoms with Crippen LogP contribution in [0.2, 0.25) is 0 Å². The predicted molar refractivity (Wildman–Crippen MR) is 125 cm³/mol. The number of para-hydroxylation sites is 1. The molecule has 5 heteroatoms. The molecule has 3 aromatic rings. The molecule has 1 atom stereocenters.